The minimum Gasteiger partial charge on any atom is -0.392 e. The predicted octanol–water partition coefficient (Wildman–Crippen LogP) is 1.09. The second kappa shape index (κ2) is 5.24. The standard InChI is InChI=1S/C12H25NO3S/c1-9(14)12(2,3)13-10-6-5-7-11(8-10)17(4,15)16/h9-11,13-14H,5-8H2,1-4H3. The first-order chi connectivity index (χ1) is 7.63. The molecule has 2 N–H and O–H groups in total. The quantitative estimate of drug-likeness (QED) is 0.797. The van der Waals surface area contributed by atoms with Crippen LogP contribution in [0.1, 0.15) is 46.5 Å². The maximum Gasteiger partial charge on any atom is 0.150 e. The Labute approximate surface area is 105 Å². The smallest absolute Gasteiger partial charge is 0.150 e. The van der Waals surface area contributed by atoms with Crippen LogP contribution in [0, 0.1) is 0 Å². The molecule has 1 fully saturated rings. The summed E-state index contributed by atoms with van der Waals surface area (Å²) in [6, 6.07) is 0.188. The van der Waals surface area contributed by atoms with Gasteiger partial charge in [-0.25, -0.2) is 8.42 Å². The Balaban J connectivity index is 2.62. The lowest BCUT2D eigenvalue weighted by molar-refractivity contribution is 0.0834. The number of hydrogen-bond acceptors (Lipinski definition) is 4. The van der Waals surface area contributed by atoms with E-state index in [1.54, 1.807) is 6.92 Å². The molecule has 0 bridgehead atoms. The van der Waals surface area contributed by atoms with Gasteiger partial charge < -0.3 is 10.4 Å². The van der Waals surface area contributed by atoms with E-state index in [1.165, 1.54) is 6.26 Å². The fraction of sp³-hybridized carbons (Fsp3) is 1.00. The van der Waals surface area contributed by atoms with Gasteiger partial charge in [-0.15, -0.1) is 0 Å². The summed E-state index contributed by atoms with van der Waals surface area (Å²) in [5.74, 6) is 0. The van der Waals surface area contributed by atoms with Gasteiger partial charge in [0.25, 0.3) is 0 Å². The summed E-state index contributed by atoms with van der Waals surface area (Å²) in [6.07, 6.45) is 4.22. The second-order valence-electron chi connectivity index (χ2n) is 5.86. The molecule has 17 heavy (non-hydrogen) atoms. The Morgan fingerprint density at radius 3 is 2.41 bits per heavy atom. The zero-order valence-electron chi connectivity index (χ0n) is 11.2. The maximum absolute atomic E-state index is 11.6. The van der Waals surface area contributed by atoms with Crippen LogP contribution in [-0.2, 0) is 9.84 Å². The van der Waals surface area contributed by atoms with E-state index in [9.17, 15) is 13.5 Å². The maximum atomic E-state index is 11.6. The summed E-state index contributed by atoms with van der Waals surface area (Å²) in [6.45, 7) is 5.65. The average Bonchev–Trinajstić information content (AvgIpc) is 2.15. The first-order valence-electron chi connectivity index (χ1n) is 6.27. The first kappa shape index (κ1) is 14.9. The molecule has 0 aliphatic heterocycles. The van der Waals surface area contributed by atoms with Crippen molar-refractivity contribution in [1.29, 1.82) is 0 Å². The molecule has 102 valence electrons. The van der Waals surface area contributed by atoms with Crippen LogP contribution in [-0.4, -0.2) is 42.7 Å². The van der Waals surface area contributed by atoms with Gasteiger partial charge in [-0.3, -0.25) is 0 Å². The summed E-state index contributed by atoms with van der Waals surface area (Å²) >= 11 is 0. The molecule has 0 saturated heterocycles. The van der Waals surface area contributed by atoms with Crippen molar-refractivity contribution in [2.45, 2.75) is 69.4 Å². The zero-order valence-corrected chi connectivity index (χ0v) is 12.0. The third kappa shape index (κ3) is 4.23. The molecule has 0 heterocycles. The van der Waals surface area contributed by atoms with Crippen molar-refractivity contribution in [2.24, 2.45) is 0 Å². The Hall–Kier alpha value is -0.130. The first-order valence-corrected chi connectivity index (χ1v) is 8.23. The van der Waals surface area contributed by atoms with Crippen molar-refractivity contribution < 1.29 is 13.5 Å². The number of sulfone groups is 1. The average molecular weight is 263 g/mol. The van der Waals surface area contributed by atoms with E-state index in [4.69, 9.17) is 0 Å². The summed E-state index contributed by atoms with van der Waals surface area (Å²) in [5.41, 5.74) is -0.371. The highest BCUT2D eigenvalue weighted by molar-refractivity contribution is 7.91. The van der Waals surface area contributed by atoms with Crippen molar-refractivity contribution >= 4 is 9.84 Å². The lowest BCUT2D eigenvalue weighted by Gasteiger charge is -2.37. The molecule has 3 atom stereocenters. The Kier molecular flexibility index (Phi) is 4.60. The van der Waals surface area contributed by atoms with Gasteiger partial charge in [-0.1, -0.05) is 6.42 Å². The SMILES string of the molecule is CC(O)C(C)(C)NC1CCCC(S(C)(=O)=O)C1. The van der Waals surface area contributed by atoms with E-state index in [-0.39, 0.29) is 16.8 Å². The number of aliphatic hydroxyl groups excluding tert-OH is 1. The zero-order chi connectivity index (χ0) is 13.3. The number of aliphatic hydroxyl groups is 1. The topological polar surface area (TPSA) is 66.4 Å². The van der Waals surface area contributed by atoms with E-state index < -0.39 is 15.9 Å². The van der Waals surface area contributed by atoms with E-state index in [0.717, 1.165) is 19.3 Å². The molecule has 5 heteroatoms. The van der Waals surface area contributed by atoms with Crippen LogP contribution in [0.2, 0.25) is 0 Å². The molecule has 3 unspecified atom stereocenters. The van der Waals surface area contributed by atoms with Crippen LogP contribution < -0.4 is 5.32 Å². The van der Waals surface area contributed by atoms with Gasteiger partial charge in [-0.2, -0.15) is 0 Å². The second-order valence-corrected chi connectivity index (χ2v) is 8.18. The highest BCUT2D eigenvalue weighted by Crippen LogP contribution is 2.25. The van der Waals surface area contributed by atoms with Crippen LogP contribution >= 0.6 is 0 Å². The Bertz CT molecular complexity index is 349. The predicted molar refractivity (Wildman–Crippen MR) is 69.8 cm³/mol. The van der Waals surface area contributed by atoms with E-state index in [0.29, 0.717) is 6.42 Å². The molecule has 0 aromatic rings. The Morgan fingerprint density at radius 2 is 1.94 bits per heavy atom. The van der Waals surface area contributed by atoms with E-state index in [2.05, 4.69) is 5.32 Å². The van der Waals surface area contributed by atoms with Gasteiger partial charge in [0.15, 0.2) is 0 Å². The van der Waals surface area contributed by atoms with Crippen molar-refractivity contribution in [1.82, 2.24) is 5.32 Å². The van der Waals surface area contributed by atoms with Crippen LogP contribution in [0.4, 0.5) is 0 Å². The van der Waals surface area contributed by atoms with Crippen molar-refractivity contribution in [3.8, 4) is 0 Å². The Morgan fingerprint density at radius 1 is 1.35 bits per heavy atom. The summed E-state index contributed by atoms with van der Waals surface area (Å²) in [5, 5.41) is 12.8. The molecule has 0 aromatic carbocycles. The minimum absolute atomic E-state index is 0.188. The normalized spacial score (nSPS) is 29.0. The van der Waals surface area contributed by atoms with Gasteiger partial charge in [0.05, 0.1) is 11.4 Å². The minimum atomic E-state index is -2.94. The molecular formula is C12H25NO3S. The van der Waals surface area contributed by atoms with Crippen LogP contribution in [0.15, 0.2) is 0 Å². The van der Waals surface area contributed by atoms with Gasteiger partial charge >= 0.3 is 0 Å². The van der Waals surface area contributed by atoms with E-state index in [1.807, 2.05) is 13.8 Å². The number of rotatable bonds is 4. The number of hydrogen-bond donors (Lipinski definition) is 2. The molecule has 1 rings (SSSR count). The van der Waals surface area contributed by atoms with Crippen LogP contribution in [0.3, 0.4) is 0 Å². The lowest BCUT2D eigenvalue weighted by Crippen LogP contribution is -2.54. The molecule has 0 amide bonds. The molecule has 0 aromatic heterocycles. The fourth-order valence-corrected chi connectivity index (χ4v) is 3.49. The van der Waals surface area contributed by atoms with Gasteiger partial charge in [0.1, 0.15) is 9.84 Å². The lowest BCUT2D eigenvalue weighted by atomic mass is 9.90. The fourth-order valence-electron chi connectivity index (χ4n) is 2.31. The molecule has 1 aliphatic carbocycles. The molecule has 0 radical (unpaired) electrons. The summed E-state index contributed by atoms with van der Waals surface area (Å²) in [7, 11) is -2.94. The van der Waals surface area contributed by atoms with Crippen molar-refractivity contribution in [3.05, 3.63) is 0 Å². The summed E-state index contributed by atoms with van der Waals surface area (Å²) in [4.78, 5) is 0. The van der Waals surface area contributed by atoms with E-state index >= 15 is 0 Å². The summed E-state index contributed by atoms with van der Waals surface area (Å²) < 4.78 is 23.1. The molecule has 1 saturated carbocycles. The monoisotopic (exact) mass is 263 g/mol. The number of nitrogens with one attached hydrogen (secondary N) is 1. The largest absolute Gasteiger partial charge is 0.392 e. The third-order valence-corrected chi connectivity index (χ3v) is 5.49. The molecule has 1 aliphatic rings. The van der Waals surface area contributed by atoms with Crippen molar-refractivity contribution in [2.75, 3.05) is 6.26 Å². The van der Waals surface area contributed by atoms with Crippen LogP contribution in [0.5, 0.6) is 0 Å². The molecule has 0 spiro atoms. The van der Waals surface area contributed by atoms with Gasteiger partial charge in [-0.05, 0) is 40.0 Å². The molecule has 4 nitrogen and oxygen atoms in total. The van der Waals surface area contributed by atoms with Crippen LogP contribution in [0.25, 0.3) is 0 Å². The highest BCUT2D eigenvalue weighted by atomic mass is 32.2. The highest BCUT2D eigenvalue weighted by Gasteiger charge is 2.33. The van der Waals surface area contributed by atoms with Gasteiger partial charge in [0.2, 0.25) is 0 Å². The van der Waals surface area contributed by atoms with Crippen molar-refractivity contribution in [3.63, 3.8) is 0 Å². The third-order valence-electron chi connectivity index (χ3n) is 3.85. The molecular weight excluding hydrogens is 238 g/mol. The van der Waals surface area contributed by atoms with Gasteiger partial charge in [0, 0.05) is 17.8 Å².